The molecule has 0 spiro atoms. The van der Waals surface area contributed by atoms with E-state index in [1.165, 1.54) is 5.39 Å². The molecule has 0 aliphatic carbocycles. The van der Waals surface area contributed by atoms with Gasteiger partial charge in [0.2, 0.25) is 5.91 Å². The Labute approximate surface area is 116 Å². The minimum atomic E-state index is 0.134. The quantitative estimate of drug-likeness (QED) is 0.516. The highest BCUT2D eigenvalue weighted by Gasteiger charge is 2.28. The molecule has 1 fully saturated rings. The topological polar surface area (TPSA) is 84.9 Å². The van der Waals surface area contributed by atoms with Gasteiger partial charge in [0.1, 0.15) is 0 Å². The van der Waals surface area contributed by atoms with Crippen molar-refractivity contribution in [3.8, 4) is 0 Å². The molecule has 0 saturated carbocycles. The highest BCUT2D eigenvalue weighted by Crippen LogP contribution is 2.22. The van der Waals surface area contributed by atoms with Crippen LogP contribution in [0.1, 0.15) is 12.0 Å². The Kier molecular flexibility index (Phi) is 3.31. The number of azide groups is 1. The number of aromatic amines is 1. The first-order valence-corrected chi connectivity index (χ1v) is 6.61. The second kappa shape index (κ2) is 5.27. The average molecular weight is 269 g/mol. The Balaban J connectivity index is 1.70. The molecule has 2 heterocycles. The van der Waals surface area contributed by atoms with Crippen LogP contribution in [0, 0.1) is 5.92 Å². The number of nitrogens with one attached hydrogen (secondary N) is 1. The normalized spacial score (nSPS) is 18.5. The molecule has 102 valence electrons. The van der Waals surface area contributed by atoms with Gasteiger partial charge in [0.05, 0.1) is 0 Å². The van der Waals surface area contributed by atoms with E-state index in [-0.39, 0.29) is 11.8 Å². The molecule has 1 aliphatic heterocycles. The number of carbonyl (C=O) groups excluding carboxylic acids is 1. The molecule has 1 aromatic heterocycles. The third-order valence-electron chi connectivity index (χ3n) is 3.69. The van der Waals surface area contributed by atoms with Crippen molar-refractivity contribution in [3.05, 3.63) is 46.5 Å². The van der Waals surface area contributed by atoms with E-state index in [2.05, 4.69) is 27.1 Å². The van der Waals surface area contributed by atoms with Crippen LogP contribution in [0.5, 0.6) is 0 Å². The maximum Gasteiger partial charge on any atom is 0.223 e. The number of amides is 1. The van der Waals surface area contributed by atoms with Crippen molar-refractivity contribution < 1.29 is 4.79 Å². The van der Waals surface area contributed by atoms with Gasteiger partial charge in [-0.1, -0.05) is 17.2 Å². The van der Waals surface area contributed by atoms with E-state index in [1.54, 1.807) is 0 Å². The molecule has 6 nitrogen and oxygen atoms in total. The summed E-state index contributed by atoms with van der Waals surface area (Å²) in [5.41, 5.74) is 10.5. The van der Waals surface area contributed by atoms with Crippen molar-refractivity contribution >= 4 is 16.8 Å². The first-order valence-electron chi connectivity index (χ1n) is 6.61. The van der Waals surface area contributed by atoms with Gasteiger partial charge in [-0.05, 0) is 34.5 Å². The number of hydrogen-bond acceptors (Lipinski definition) is 2. The maximum atomic E-state index is 11.9. The minimum Gasteiger partial charge on any atom is -0.361 e. The first-order chi connectivity index (χ1) is 9.76. The molecule has 1 amide bonds. The number of rotatable bonds is 4. The molecule has 1 aromatic carbocycles. The van der Waals surface area contributed by atoms with Gasteiger partial charge in [-0.3, -0.25) is 4.79 Å². The number of carbonyl (C=O) groups is 1. The van der Waals surface area contributed by atoms with Crippen molar-refractivity contribution in [2.75, 3.05) is 13.1 Å². The van der Waals surface area contributed by atoms with Crippen LogP contribution in [0.2, 0.25) is 0 Å². The molecule has 1 saturated heterocycles. The molecule has 3 rings (SSSR count). The van der Waals surface area contributed by atoms with Gasteiger partial charge in [-0.15, -0.1) is 0 Å². The zero-order valence-corrected chi connectivity index (χ0v) is 11.0. The fourth-order valence-corrected chi connectivity index (χ4v) is 2.69. The third-order valence-corrected chi connectivity index (χ3v) is 3.69. The van der Waals surface area contributed by atoms with Gasteiger partial charge in [-0.2, -0.15) is 0 Å². The number of likely N-dealkylation sites (tertiary alicyclic amines) is 1. The second-order valence-corrected chi connectivity index (χ2v) is 5.16. The molecule has 20 heavy (non-hydrogen) atoms. The number of hydrogen-bond donors (Lipinski definition) is 1. The van der Waals surface area contributed by atoms with Crippen LogP contribution in [-0.4, -0.2) is 28.9 Å². The summed E-state index contributed by atoms with van der Waals surface area (Å²) in [6.45, 7) is 1.68. The Bertz CT molecular complexity index is 686. The molecule has 1 aliphatic rings. The summed E-state index contributed by atoms with van der Waals surface area (Å²) in [5.74, 6) is 0.280. The van der Waals surface area contributed by atoms with Gasteiger partial charge >= 0.3 is 0 Å². The van der Waals surface area contributed by atoms with Gasteiger partial charge < -0.3 is 9.88 Å². The summed E-state index contributed by atoms with van der Waals surface area (Å²) < 4.78 is 0. The SMILES string of the molecule is [N-]=[N+]=NCC1CC(=O)N(Cc2ccc3cc[nH]c3c2)C1. The molecule has 6 heteroatoms. The van der Waals surface area contributed by atoms with Crippen molar-refractivity contribution in [3.63, 3.8) is 0 Å². The van der Waals surface area contributed by atoms with E-state index in [0.717, 1.165) is 11.1 Å². The Morgan fingerprint density at radius 2 is 2.35 bits per heavy atom. The standard InChI is InChI=1S/C14H15N5O/c15-18-17-7-11-6-14(20)19(9-11)8-10-1-2-12-3-4-16-13(12)5-10/h1-5,11,16H,6-9H2. The summed E-state index contributed by atoms with van der Waals surface area (Å²) in [6, 6.07) is 8.20. The first kappa shape index (κ1) is 12.6. The minimum absolute atomic E-state index is 0.134. The van der Waals surface area contributed by atoms with Gasteiger partial charge in [0.15, 0.2) is 0 Å². The highest BCUT2D eigenvalue weighted by atomic mass is 16.2. The Morgan fingerprint density at radius 3 is 3.20 bits per heavy atom. The summed E-state index contributed by atoms with van der Waals surface area (Å²) in [7, 11) is 0. The van der Waals surface area contributed by atoms with E-state index >= 15 is 0 Å². The third kappa shape index (κ3) is 2.46. The number of nitrogens with zero attached hydrogens (tertiary/aromatic N) is 4. The molecule has 1 N–H and O–H groups in total. The lowest BCUT2D eigenvalue weighted by atomic mass is 10.1. The Morgan fingerprint density at radius 1 is 1.45 bits per heavy atom. The van der Waals surface area contributed by atoms with Crippen LogP contribution in [0.25, 0.3) is 21.3 Å². The van der Waals surface area contributed by atoms with E-state index in [0.29, 0.717) is 26.1 Å². The van der Waals surface area contributed by atoms with E-state index < -0.39 is 0 Å². The smallest absolute Gasteiger partial charge is 0.223 e. The van der Waals surface area contributed by atoms with Crippen LogP contribution >= 0.6 is 0 Å². The second-order valence-electron chi connectivity index (χ2n) is 5.16. The van der Waals surface area contributed by atoms with E-state index in [4.69, 9.17) is 5.53 Å². The summed E-state index contributed by atoms with van der Waals surface area (Å²) >= 11 is 0. The summed E-state index contributed by atoms with van der Waals surface area (Å²) in [5, 5.41) is 4.73. The number of fused-ring (bicyclic) bond motifs is 1. The predicted molar refractivity (Wildman–Crippen MR) is 75.8 cm³/mol. The van der Waals surface area contributed by atoms with E-state index in [9.17, 15) is 4.79 Å². The van der Waals surface area contributed by atoms with Crippen LogP contribution in [-0.2, 0) is 11.3 Å². The maximum absolute atomic E-state index is 11.9. The van der Waals surface area contributed by atoms with Crippen LogP contribution in [0.3, 0.4) is 0 Å². The number of H-pyrrole nitrogens is 1. The van der Waals surface area contributed by atoms with Gasteiger partial charge in [0.25, 0.3) is 0 Å². The fourth-order valence-electron chi connectivity index (χ4n) is 2.69. The predicted octanol–water partition coefficient (Wildman–Crippen LogP) is 2.83. The molecule has 1 unspecified atom stereocenters. The zero-order chi connectivity index (χ0) is 13.9. The highest BCUT2D eigenvalue weighted by molar-refractivity contribution is 5.81. The molecule has 1 atom stereocenters. The van der Waals surface area contributed by atoms with Crippen molar-refractivity contribution in [2.45, 2.75) is 13.0 Å². The lowest BCUT2D eigenvalue weighted by Crippen LogP contribution is -2.24. The van der Waals surface area contributed by atoms with Crippen LogP contribution < -0.4 is 0 Å². The van der Waals surface area contributed by atoms with Crippen LogP contribution in [0.15, 0.2) is 35.6 Å². The molecule has 0 radical (unpaired) electrons. The summed E-state index contributed by atoms with van der Waals surface area (Å²) in [6.07, 6.45) is 2.38. The average Bonchev–Trinajstić information content (AvgIpc) is 3.03. The Hall–Kier alpha value is -2.46. The van der Waals surface area contributed by atoms with E-state index in [1.807, 2.05) is 23.2 Å². The number of aromatic nitrogens is 1. The molecular formula is C14H15N5O. The van der Waals surface area contributed by atoms with Crippen molar-refractivity contribution in [1.82, 2.24) is 9.88 Å². The fraction of sp³-hybridized carbons (Fsp3) is 0.357. The van der Waals surface area contributed by atoms with Crippen molar-refractivity contribution in [1.29, 1.82) is 0 Å². The van der Waals surface area contributed by atoms with Gasteiger partial charge in [-0.25, -0.2) is 0 Å². The van der Waals surface area contributed by atoms with Crippen molar-refractivity contribution in [2.24, 2.45) is 11.0 Å². The molecule has 0 bridgehead atoms. The van der Waals surface area contributed by atoms with Crippen LogP contribution in [0.4, 0.5) is 0 Å². The summed E-state index contributed by atoms with van der Waals surface area (Å²) in [4.78, 5) is 19.7. The van der Waals surface area contributed by atoms with Gasteiger partial charge in [0, 0.05) is 42.7 Å². The monoisotopic (exact) mass is 269 g/mol. The number of benzene rings is 1. The lowest BCUT2D eigenvalue weighted by Gasteiger charge is -2.16. The molecule has 2 aromatic rings. The zero-order valence-electron chi connectivity index (χ0n) is 11.0. The molecular weight excluding hydrogens is 254 g/mol. The lowest BCUT2D eigenvalue weighted by molar-refractivity contribution is -0.128. The largest absolute Gasteiger partial charge is 0.361 e.